The molecule has 100 valence electrons. The summed E-state index contributed by atoms with van der Waals surface area (Å²) in [4.78, 5) is 11.7. The maximum atomic E-state index is 11.7. The molecule has 1 aromatic rings. The Balaban J connectivity index is 2.69. The topological polar surface area (TPSA) is 26.3 Å². The third-order valence-electron chi connectivity index (χ3n) is 3.10. The van der Waals surface area contributed by atoms with Gasteiger partial charge in [-0.15, -0.1) is 0 Å². The van der Waals surface area contributed by atoms with Crippen molar-refractivity contribution in [1.29, 1.82) is 0 Å². The van der Waals surface area contributed by atoms with E-state index in [1.165, 1.54) is 19.3 Å². The zero-order valence-electron chi connectivity index (χ0n) is 11.8. The lowest BCUT2D eigenvalue weighted by atomic mass is 10.1. The zero-order chi connectivity index (χ0) is 13.4. The predicted molar refractivity (Wildman–Crippen MR) is 79.7 cm³/mol. The Kier molecular flexibility index (Phi) is 6.72. The molecule has 0 saturated carbocycles. The monoisotopic (exact) mass is 264 g/mol. The molecule has 0 aromatic heterocycles. The lowest BCUT2D eigenvalue weighted by Crippen LogP contribution is -2.07. The molecule has 0 aliphatic rings. The van der Waals surface area contributed by atoms with Gasteiger partial charge >= 0.3 is 0 Å². The molecule has 0 atom stereocenters. The van der Waals surface area contributed by atoms with Crippen molar-refractivity contribution in [2.45, 2.75) is 46.0 Å². The number of unbranched alkanes of at least 4 members (excludes halogenated alkanes) is 3. The summed E-state index contributed by atoms with van der Waals surface area (Å²) in [5, 5.41) is 0.217. The molecule has 2 nitrogen and oxygen atoms in total. The third kappa shape index (κ3) is 4.30. The van der Waals surface area contributed by atoms with Gasteiger partial charge in [0.2, 0.25) is 0 Å². The highest BCUT2D eigenvalue weighted by atomic mass is 28.1. The summed E-state index contributed by atoms with van der Waals surface area (Å²) in [6.07, 6.45) is 5.67. The van der Waals surface area contributed by atoms with E-state index >= 15 is 0 Å². The van der Waals surface area contributed by atoms with Crippen LogP contribution in [0.5, 0.6) is 5.75 Å². The maximum Gasteiger partial charge on any atom is 0.132 e. The van der Waals surface area contributed by atoms with Crippen molar-refractivity contribution in [1.82, 2.24) is 0 Å². The molecule has 0 radical (unpaired) electrons. The number of ether oxygens (including phenoxy) is 1. The van der Waals surface area contributed by atoms with Gasteiger partial charge in [0.25, 0.3) is 0 Å². The highest BCUT2D eigenvalue weighted by Crippen LogP contribution is 2.25. The van der Waals surface area contributed by atoms with Crippen LogP contribution in [0.25, 0.3) is 0 Å². The van der Waals surface area contributed by atoms with Crippen LogP contribution in [0, 0.1) is 0 Å². The molecule has 0 fully saturated rings. The molecule has 0 aliphatic heterocycles. The van der Waals surface area contributed by atoms with Gasteiger partial charge in [-0.2, -0.15) is 0 Å². The van der Waals surface area contributed by atoms with Crippen molar-refractivity contribution in [3.05, 3.63) is 29.3 Å². The molecule has 0 aliphatic carbocycles. The van der Waals surface area contributed by atoms with Crippen LogP contribution < -0.4 is 4.74 Å². The molecular formula is C15H24O2Si. The van der Waals surface area contributed by atoms with Gasteiger partial charge in [0.15, 0.2) is 0 Å². The second-order valence-corrected chi connectivity index (χ2v) is 5.52. The second-order valence-electron chi connectivity index (χ2n) is 4.61. The van der Waals surface area contributed by atoms with Gasteiger partial charge in [-0.05, 0) is 24.5 Å². The van der Waals surface area contributed by atoms with Crippen LogP contribution in [0.15, 0.2) is 18.2 Å². The molecule has 1 rings (SSSR count). The third-order valence-corrected chi connectivity index (χ3v) is 3.64. The average molecular weight is 264 g/mol. The van der Waals surface area contributed by atoms with Gasteiger partial charge in [-0.3, -0.25) is 0 Å². The summed E-state index contributed by atoms with van der Waals surface area (Å²) in [7, 11) is 0.547. The lowest BCUT2D eigenvalue weighted by Gasteiger charge is -2.13. The number of para-hydroxylation sites is 1. The first-order valence-corrected chi connectivity index (χ1v) is 7.96. The highest BCUT2D eigenvalue weighted by Gasteiger charge is 2.11. The van der Waals surface area contributed by atoms with Crippen molar-refractivity contribution in [3.8, 4) is 5.75 Å². The molecule has 18 heavy (non-hydrogen) atoms. The molecular weight excluding hydrogens is 240 g/mol. The molecule has 3 heteroatoms. The summed E-state index contributed by atoms with van der Waals surface area (Å²) in [6.45, 7) is 5.02. The number of hydrogen-bond donors (Lipinski definition) is 0. The van der Waals surface area contributed by atoms with Crippen LogP contribution in [-0.2, 0) is 6.42 Å². The Hall–Kier alpha value is -1.09. The van der Waals surface area contributed by atoms with Crippen LogP contribution in [-0.4, -0.2) is 22.3 Å². The van der Waals surface area contributed by atoms with Crippen LogP contribution in [0.3, 0.4) is 0 Å². The number of carbonyl (C=O) groups is 1. The second kappa shape index (κ2) is 8.09. The Morgan fingerprint density at radius 3 is 2.61 bits per heavy atom. The molecule has 0 unspecified atom stereocenters. The molecule has 0 saturated heterocycles. The molecule has 0 amide bonds. The van der Waals surface area contributed by atoms with Crippen molar-refractivity contribution in [2.75, 3.05) is 6.61 Å². The van der Waals surface area contributed by atoms with Crippen LogP contribution >= 0.6 is 0 Å². The predicted octanol–water partition coefficient (Wildman–Crippen LogP) is 2.71. The largest absolute Gasteiger partial charge is 0.493 e. The quantitative estimate of drug-likeness (QED) is 0.533. The van der Waals surface area contributed by atoms with Gasteiger partial charge in [-0.1, -0.05) is 45.2 Å². The fraction of sp³-hybridized carbons (Fsp3) is 0.533. The van der Waals surface area contributed by atoms with Crippen LogP contribution in [0.4, 0.5) is 0 Å². The SMILES string of the molecule is CCCCCCOc1c(CC)cccc1C(=O)[SiH3]. The Morgan fingerprint density at radius 1 is 1.22 bits per heavy atom. The standard InChI is InChI=1S/C15H24O2Si/c1-3-5-6-7-11-17-14-12(4-2)9-8-10-13(14)15(16)18/h8-10H,3-7,11H2,1-2,18H3. The lowest BCUT2D eigenvalue weighted by molar-refractivity contribution is 0.107. The summed E-state index contributed by atoms with van der Waals surface area (Å²) >= 11 is 0. The normalized spacial score (nSPS) is 10.6. The zero-order valence-corrected chi connectivity index (χ0v) is 13.8. The fourth-order valence-electron chi connectivity index (χ4n) is 2.01. The van der Waals surface area contributed by atoms with E-state index in [9.17, 15) is 4.79 Å². The first-order chi connectivity index (χ1) is 8.70. The van der Waals surface area contributed by atoms with Crippen molar-refractivity contribution >= 4 is 15.6 Å². The number of carbonyl (C=O) groups excluding carboxylic acids is 1. The van der Waals surface area contributed by atoms with Crippen molar-refractivity contribution < 1.29 is 9.53 Å². The maximum absolute atomic E-state index is 11.7. The summed E-state index contributed by atoms with van der Waals surface area (Å²) in [5.74, 6) is 0.830. The van der Waals surface area contributed by atoms with Crippen molar-refractivity contribution in [2.24, 2.45) is 0 Å². The Morgan fingerprint density at radius 2 is 2.00 bits per heavy atom. The summed E-state index contributed by atoms with van der Waals surface area (Å²) in [5.41, 5.74) is 1.92. The fourth-order valence-corrected chi connectivity index (χ4v) is 2.41. The molecule has 1 aromatic carbocycles. The van der Waals surface area contributed by atoms with Crippen molar-refractivity contribution in [3.63, 3.8) is 0 Å². The highest BCUT2D eigenvalue weighted by molar-refractivity contribution is 6.62. The summed E-state index contributed by atoms with van der Waals surface area (Å²) < 4.78 is 5.87. The van der Waals surface area contributed by atoms with E-state index in [2.05, 4.69) is 19.9 Å². The first-order valence-electron chi connectivity index (χ1n) is 6.96. The number of hydrogen-bond acceptors (Lipinski definition) is 2. The average Bonchev–Trinajstić information content (AvgIpc) is 2.38. The van der Waals surface area contributed by atoms with Gasteiger partial charge in [0.05, 0.1) is 22.4 Å². The molecule has 0 spiro atoms. The minimum absolute atomic E-state index is 0.217. The summed E-state index contributed by atoms with van der Waals surface area (Å²) in [6, 6.07) is 5.89. The van der Waals surface area contributed by atoms with E-state index in [1.807, 2.05) is 12.1 Å². The molecule has 0 bridgehead atoms. The van der Waals surface area contributed by atoms with Gasteiger partial charge in [0, 0.05) is 0 Å². The van der Waals surface area contributed by atoms with Crippen LogP contribution in [0.1, 0.15) is 55.5 Å². The van der Waals surface area contributed by atoms with E-state index in [0.717, 1.165) is 36.3 Å². The minimum Gasteiger partial charge on any atom is -0.493 e. The van der Waals surface area contributed by atoms with E-state index in [0.29, 0.717) is 10.2 Å². The van der Waals surface area contributed by atoms with Gasteiger partial charge in [0.1, 0.15) is 11.2 Å². The Labute approximate surface area is 113 Å². The van der Waals surface area contributed by atoms with Crippen LogP contribution in [0.2, 0.25) is 0 Å². The molecule has 0 heterocycles. The molecule has 0 N–H and O–H groups in total. The van der Waals surface area contributed by atoms with Gasteiger partial charge < -0.3 is 9.53 Å². The Bertz CT molecular complexity index is 388. The smallest absolute Gasteiger partial charge is 0.132 e. The van der Waals surface area contributed by atoms with E-state index < -0.39 is 0 Å². The van der Waals surface area contributed by atoms with Gasteiger partial charge in [-0.25, -0.2) is 0 Å². The minimum atomic E-state index is 0.217. The number of aryl methyl sites for hydroxylation is 1. The van der Waals surface area contributed by atoms with E-state index in [1.54, 1.807) is 0 Å². The van der Waals surface area contributed by atoms with E-state index in [-0.39, 0.29) is 5.41 Å². The van der Waals surface area contributed by atoms with E-state index in [4.69, 9.17) is 4.74 Å². The first kappa shape index (κ1) is 15.0. The number of benzene rings is 1. The number of rotatable bonds is 8.